The molecule has 2 atom stereocenters. The molecule has 0 bridgehead atoms. The van der Waals surface area contributed by atoms with E-state index in [1.54, 1.807) is 83.5 Å². The van der Waals surface area contributed by atoms with Crippen molar-refractivity contribution in [2.24, 2.45) is 0 Å². The highest BCUT2D eigenvalue weighted by atomic mass is 16.6. The molecule has 0 saturated heterocycles. The molecule has 1 aliphatic heterocycles. The number of nitriles is 1. The van der Waals surface area contributed by atoms with Crippen LogP contribution in [0.4, 0.5) is 10.5 Å². The van der Waals surface area contributed by atoms with Gasteiger partial charge < -0.3 is 19.7 Å². The summed E-state index contributed by atoms with van der Waals surface area (Å²) in [5, 5.41) is 17.9. The first-order valence-corrected chi connectivity index (χ1v) is 15.1. The molecule has 11 heteroatoms. The third-order valence-corrected chi connectivity index (χ3v) is 7.96. The lowest BCUT2D eigenvalue weighted by Gasteiger charge is -2.29. The minimum atomic E-state index is -3.37. The number of benzene rings is 4. The summed E-state index contributed by atoms with van der Waals surface area (Å²) < 4.78 is 53.1. The van der Waals surface area contributed by atoms with Gasteiger partial charge in [-0.3, -0.25) is 14.5 Å². The molecule has 242 valence electrons. The number of nitrogens with zero attached hydrogens (tertiary/aromatic N) is 5. The summed E-state index contributed by atoms with van der Waals surface area (Å²) in [4.78, 5) is 43.2. The zero-order valence-electron chi connectivity index (χ0n) is 30.9. The Hall–Kier alpha value is -6.15. The molecule has 11 nitrogen and oxygen atoms in total. The number of rotatable bonds is 9. The first-order valence-electron chi connectivity index (χ1n) is 17.6. The second-order valence-electron chi connectivity index (χ2n) is 11.0. The predicted molar refractivity (Wildman–Crippen MR) is 179 cm³/mol. The van der Waals surface area contributed by atoms with Gasteiger partial charge in [-0.15, -0.1) is 0 Å². The summed E-state index contributed by atoms with van der Waals surface area (Å²) in [6.45, 7) is -6.28. The molecule has 5 aromatic rings. The first-order chi connectivity index (χ1) is 25.3. The largest absolute Gasteiger partial charge is 0.489 e. The van der Waals surface area contributed by atoms with Crippen LogP contribution in [0.1, 0.15) is 37.5 Å². The highest BCUT2D eigenvalue weighted by Gasteiger charge is 2.36. The van der Waals surface area contributed by atoms with Gasteiger partial charge in [0, 0.05) is 18.7 Å². The Balaban J connectivity index is 1.30. The van der Waals surface area contributed by atoms with E-state index in [0.717, 1.165) is 6.92 Å². The average molecular weight is 648 g/mol. The van der Waals surface area contributed by atoms with E-state index in [2.05, 4.69) is 11.4 Å². The van der Waals surface area contributed by atoms with Crippen LogP contribution in [0, 0.1) is 11.3 Å². The van der Waals surface area contributed by atoms with Crippen molar-refractivity contribution in [3.05, 3.63) is 120 Å². The third kappa shape index (κ3) is 6.41. The van der Waals surface area contributed by atoms with Crippen LogP contribution >= 0.6 is 0 Å². The van der Waals surface area contributed by atoms with E-state index in [1.807, 2.05) is 24.3 Å². The Morgan fingerprint density at radius 2 is 1.77 bits per heavy atom. The smallest absolute Gasteiger partial charge is 0.410 e. The van der Waals surface area contributed by atoms with Gasteiger partial charge in [0.1, 0.15) is 37.1 Å². The summed E-state index contributed by atoms with van der Waals surface area (Å²) in [5.41, 5.74) is 3.07. The van der Waals surface area contributed by atoms with Gasteiger partial charge in [-0.05, 0) is 49.7 Å². The number of nitrogens with one attached hydrogen (secondary N) is 1. The maximum absolute atomic E-state index is 14.4. The summed E-state index contributed by atoms with van der Waals surface area (Å²) >= 11 is 0. The number of hydrogen-bond donors (Lipinski definition) is 1. The number of carbonyl (C=O) groups is 3. The Morgan fingerprint density at radius 3 is 2.56 bits per heavy atom. The van der Waals surface area contributed by atoms with E-state index >= 15 is 0 Å². The number of aromatic nitrogens is 2. The quantitative estimate of drug-likeness (QED) is 0.228. The molecule has 0 fully saturated rings. The van der Waals surface area contributed by atoms with Crippen molar-refractivity contribution >= 4 is 34.5 Å². The molecule has 0 spiro atoms. The molecule has 48 heavy (non-hydrogen) atoms. The molecule has 1 aliphatic rings. The molecule has 0 saturated carbocycles. The summed E-state index contributed by atoms with van der Waals surface area (Å²) in [6.07, 6.45) is -1.38. The van der Waals surface area contributed by atoms with Crippen molar-refractivity contribution in [1.29, 1.82) is 5.26 Å². The molecule has 0 radical (unpaired) electrons. The van der Waals surface area contributed by atoms with Crippen LogP contribution < -0.4 is 15.0 Å². The molecular weight excluding hydrogens is 608 g/mol. The number of para-hydroxylation sites is 4. The van der Waals surface area contributed by atoms with E-state index in [1.165, 1.54) is 4.90 Å². The first kappa shape index (κ1) is 26.0. The summed E-state index contributed by atoms with van der Waals surface area (Å²) in [7, 11) is 0. The second-order valence-corrected chi connectivity index (χ2v) is 11.0. The topological polar surface area (TPSA) is 130 Å². The van der Waals surface area contributed by atoms with E-state index in [0.29, 0.717) is 44.8 Å². The molecular formula is C37H34N6O5. The van der Waals surface area contributed by atoms with Crippen molar-refractivity contribution in [2.75, 3.05) is 18.0 Å². The van der Waals surface area contributed by atoms with E-state index < -0.39 is 43.3 Å². The molecule has 1 aromatic heterocycles. The van der Waals surface area contributed by atoms with E-state index in [4.69, 9.17) is 21.4 Å². The minimum absolute atomic E-state index is 0.0805. The number of likely N-dealkylation sites (N-methyl/N-ethyl adjacent to an activating group) is 1. The van der Waals surface area contributed by atoms with Gasteiger partial charge in [0.15, 0.2) is 0 Å². The fourth-order valence-electron chi connectivity index (χ4n) is 5.45. The standard InChI is InChI=1S/C37H34N6O5/c1-3-41(37(46)48-23-26-13-5-4-6-14-26)25(2)35(44)39-30-24-47-34-20-12-11-19-33(34)42(36(30)45)22-29-28-16-8-10-18-32(28)43(40-29)31-17-9-7-15-27(31)21-38/h4-20,25,30H,3,22-24H2,1-2H3,(H,39,44)/t25-,30-/m0/s1/i1D3,3D2. The number of ether oxygens (including phenoxy) is 2. The normalized spacial score (nSPS) is 16.8. The van der Waals surface area contributed by atoms with Gasteiger partial charge in [0.05, 0.1) is 34.7 Å². The van der Waals surface area contributed by atoms with Crippen LogP contribution in [0.15, 0.2) is 103 Å². The lowest BCUT2D eigenvalue weighted by Crippen LogP contribution is -2.55. The highest BCUT2D eigenvalue weighted by molar-refractivity contribution is 6.02. The third-order valence-electron chi connectivity index (χ3n) is 7.96. The van der Waals surface area contributed by atoms with Crippen LogP contribution in [0.3, 0.4) is 0 Å². The molecule has 6 rings (SSSR count). The minimum Gasteiger partial charge on any atom is -0.489 e. The van der Waals surface area contributed by atoms with E-state index in [-0.39, 0.29) is 24.7 Å². The fraction of sp³-hybridized carbons (Fsp3) is 0.216. The van der Waals surface area contributed by atoms with Gasteiger partial charge in [-0.25, -0.2) is 9.48 Å². The van der Waals surface area contributed by atoms with Crippen LogP contribution in [0.5, 0.6) is 5.75 Å². The summed E-state index contributed by atoms with van der Waals surface area (Å²) in [5.74, 6) is -1.29. The van der Waals surface area contributed by atoms with Crippen LogP contribution in [0.25, 0.3) is 16.6 Å². The lowest BCUT2D eigenvalue weighted by atomic mass is 10.1. The highest BCUT2D eigenvalue weighted by Crippen LogP contribution is 2.34. The van der Waals surface area contributed by atoms with Gasteiger partial charge in [0.25, 0.3) is 5.91 Å². The summed E-state index contributed by atoms with van der Waals surface area (Å²) in [6, 6.07) is 28.7. The zero-order chi connectivity index (χ0) is 37.9. The van der Waals surface area contributed by atoms with Gasteiger partial charge in [0.2, 0.25) is 5.91 Å². The molecule has 1 N–H and O–H groups in total. The Kier molecular flexibility index (Phi) is 7.63. The van der Waals surface area contributed by atoms with Gasteiger partial charge in [-0.2, -0.15) is 10.4 Å². The van der Waals surface area contributed by atoms with Crippen molar-refractivity contribution in [3.8, 4) is 17.5 Å². The molecule has 4 aromatic carbocycles. The van der Waals surface area contributed by atoms with Crippen molar-refractivity contribution < 1.29 is 30.7 Å². The average Bonchev–Trinajstić information content (AvgIpc) is 3.46. The lowest BCUT2D eigenvalue weighted by molar-refractivity contribution is -0.130. The SMILES string of the molecule is [2H]C([2H])([2H])C([2H])([2H])N(C(=O)OCc1ccccc1)[C@@H](C)C(=O)N[C@H]1COc2ccccc2N(Cc2nn(-c3ccccc3C#N)c3ccccc23)C1=O. The van der Waals surface area contributed by atoms with Crippen molar-refractivity contribution in [1.82, 2.24) is 20.0 Å². The van der Waals surface area contributed by atoms with E-state index in [9.17, 15) is 19.6 Å². The number of amides is 3. The molecule has 2 heterocycles. The number of hydrogen-bond acceptors (Lipinski definition) is 7. The van der Waals surface area contributed by atoms with Crippen LogP contribution in [-0.4, -0.2) is 57.8 Å². The van der Waals surface area contributed by atoms with Gasteiger partial charge in [-0.1, -0.05) is 72.8 Å². The zero-order valence-corrected chi connectivity index (χ0v) is 25.9. The molecule has 0 unspecified atom stereocenters. The monoisotopic (exact) mass is 647 g/mol. The number of fused-ring (bicyclic) bond motifs is 2. The Bertz CT molecular complexity index is 2200. The molecule has 3 amide bonds. The Labute approximate surface area is 284 Å². The maximum atomic E-state index is 14.4. The fourth-order valence-corrected chi connectivity index (χ4v) is 5.45. The second kappa shape index (κ2) is 14.1. The van der Waals surface area contributed by atoms with Gasteiger partial charge >= 0.3 is 6.09 Å². The molecule has 0 aliphatic carbocycles. The van der Waals surface area contributed by atoms with Crippen molar-refractivity contribution in [3.63, 3.8) is 0 Å². The van der Waals surface area contributed by atoms with Crippen LogP contribution in [-0.2, 0) is 27.5 Å². The van der Waals surface area contributed by atoms with Crippen molar-refractivity contribution in [2.45, 2.75) is 39.0 Å². The predicted octanol–water partition coefficient (Wildman–Crippen LogP) is 5.35. The number of anilines is 1. The Morgan fingerprint density at radius 1 is 1.06 bits per heavy atom. The maximum Gasteiger partial charge on any atom is 0.410 e. The number of carbonyl (C=O) groups excluding carboxylic acids is 3. The van der Waals surface area contributed by atoms with Crippen LogP contribution in [0.2, 0.25) is 0 Å².